The van der Waals surface area contributed by atoms with Gasteiger partial charge in [0.25, 0.3) is 0 Å². The molecule has 1 aromatic carbocycles. The zero-order valence-corrected chi connectivity index (χ0v) is 10.0. The molecule has 0 spiro atoms. The highest BCUT2D eigenvalue weighted by molar-refractivity contribution is 7.89. The lowest BCUT2D eigenvalue weighted by molar-refractivity contribution is 0.494. The normalized spacial score (nSPS) is 12.8. The van der Waals surface area contributed by atoms with Crippen molar-refractivity contribution < 1.29 is 12.8 Å². The van der Waals surface area contributed by atoms with Crippen LogP contribution in [0.4, 0.5) is 4.39 Å². The minimum atomic E-state index is -3.83. The average molecular weight is 246 g/mol. The van der Waals surface area contributed by atoms with Gasteiger partial charge in [0.2, 0.25) is 10.0 Å². The third-order valence-corrected chi connectivity index (χ3v) is 3.28. The van der Waals surface area contributed by atoms with E-state index in [2.05, 4.69) is 4.72 Å². The van der Waals surface area contributed by atoms with E-state index >= 15 is 0 Å². The number of sulfonamides is 1. The summed E-state index contributed by atoms with van der Waals surface area (Å²) in [5.41, 5.74) is 4.96. The van der Waals surface area contributed by atoms with Crippen LogP contribution < -0.4 is 10.5 Å². The van der Waals surface area contributed by atoms with Gasteiger partial charge in [-0.15, -0.1) is 0 Å². The zero-order valence-electron chi connectivity index (χ0n) is 9.20. The first-order chi connectivity index (χ1) is 7.22. The molecule has 0 atom stereocenters. The Labute approximate surface area is 94.7 Å². The lowest BCUT2D eigenvalue weighted by Gasteiger charge is -2.19. The molecule has 0 fully saturated rings. The number of nitrogens with two attached hydrogens (primary N) is 1. The monoisotopic (exact) mass is 246 g/mol. The minimum Gasteiger partial charge on any atom is -0.324 e. The number of hydrogen-bond acceptors (Lipinski definition) is 3. The molecule has 0 aliphatic carbocycles. The fourth-order valence-corrected chi connectivity index (χ4v) is 2.32. The SMILES string of the molecule is CC(C)(N)CNS(=O)(=O)c1ccccc1F. The van der Waals surface area contributed by atoms with Gasteiger partial charge in [0.05, 0.1) is 0 Å². The van der Waals surface area contributed by atoms with E-state index in [1.165, 1.54) is 18.2 Å². The van der Waals surface area contributed by atoms with Crippen LogP contribution in [0.3, 0.4) is 0 Å². The van der Waals surface area contributed by atoms with Gasteiger partial charge in [0.15, 0.2) is 0 Å². The summed E-state index contributed by atoms with van der Waals surface area (Å²) in [5.74, 6) is -0.773. The molecular formula is C10H15FN2O2S. The minimum absolute atomic E-state index is 0.0453. The van der Waals surface area contributed by atoms with Gasteiger partial charge in [-0.05, 0) is 26.0 Å². The highest BCUT2D eigenvalue weighted by Crippen LogP contribution is 2.13. The maximum absolute atomic E-state index is 13.3. The molecule has 16 heavy (non-hydrogen) atoms. The first-order valence-corrected chi connectivity index (χ1v) is 6.24. The summed E-state index contributed by atoms with van der Waals surface area (Å²) in [6.07, 6.45) is 0. The molecular weight excluding hydrogens is 231 g/mol. The topological polar surface area (TPSA) is 72.2 Å². The van der Waals surface area contributed by atoms with Crippen LogP contribution in [0.1, 0.15) is 13.8 Å². The number of benzene rings is 1. The lowest BCUT2D eigenvalue weighted by atomic mass is 10.1. The molecule has 0 unspecified atom stereocenters. The molecule has 0 radical (unpaired) electrons. The molecule has 4 nitrogen and oxygen atoms in total. The van der Waals surface area contributed by atoms with Gasteiger partial charge >= 0.3 is 0 Å². The summed E-state index contributed by atoms with van der Waals surface area (Å²) in [7, 11) is -3.83. The van der Waals surface area contributed by atoms with Gasteiger partial charge in [0.1, 0.15) is 10.7 Å². The molecule has 0 bridgehead atoms. The summed E-state index contributed by atoms with van der Waals surface area (Å²) in [6.45, 7) is 3.40. The first kappa shape index (κ1) is 13.1. The van der Waals surface area contributed by atoms with Crippen molar-refractivity contribution in [2.45, 2.75) is 24.3 Å². The number of nitrogens with one attached hydrogen (secondary N) is 1. The highest BCUT2D eigenvalue weighted by atomic mass is 32.2. The molecule has 0 aliphatic heterocycles. The van der Waals surface area contributed by atoms with Crippen LogP contribution >= 0.6 is 0 Å². The molecule has 1 aromatic rings. The smallest absolute Gasteiger partial charge is 0.243 e. The quantitative estimate of drug-likeness (QED) is 0.827. The maximum Gasteiger partial charge on any atom is 0.243 e. The van der Waals surface area contributed by atoms with E-state index in [4.69, 9.17) is 5.73 Å². The Balaban J connectivity index is 2.92. The third kappa shape index (κ3) is 3.55. The Morgan fingerprint density at radius 1 is 1.38 bits per heavy atom. The Morgan fingerprint density at radius 3 is 2.44 bits per heavy atom. The number of hydrogen-bond donors (Lipinski definition) is 2. The van der Waals surface area contributed by atoms with Gasteiger partial charge in [-0.1, -0.05) is 12.1 Å². The van der Waals surface area contributed by atoms with Crippen LogP contribution in [0, 0.1) is 5.82 Å². The summed E-state index contributed by atoms with van der Waals surface area (Å²) < 4.78 is 38.9. The van der Waals surface area contributed by atoms with E-state index in [-0.39, 0.29) is 11.4 Å². The van der Waals surface area contributed by atoms with Crippen molar-refractivity contribution in [3.63, 3.8) is 0 Å². The molecule has 0 saturated heterocycles. The fourth-order valence-electron chi connectivity index (χ4n) is 1.02. The molecule has 6 heteroatoms. The summed E-state index contributed by atoms with van der Waals surface area (Å²) in [4.78, 5) is -0.362. The van der Waals surface area contributed by atoms with Gasteiger partial charge in [-0.3, -0.25) is 0 Å². The van der Waals surface area contributed by atoms with Crippen LogP contribution in [-0.4, -0.2) is 20.5 Å². The van der Waals surface area contributed by atoms with Gasteiger partial charge in [-0.25, -0.2) is 17.5 Å². The summed E-state index contributed by atoms with van der Waals surface area (Å²) in [6, 6.07) is 5.20. The molecule has 1 rings (SSSR count). The highest BCUT2D eigenvalue weighted by Gasteiger charge is 2.21. The second kappa shape index (κ2) is 4.48. The Hall–Kier alpha value is -0.980. The molecule has 3 N–H and O–H groups in total. The largest absolute Gasteiger partial charge is 0.324 e. The van der Waals surface area contributed by atoms with E-state index in [0.29, 0.717) is 0 Å². The van der Waals surface area contributed by atoms with Crippen LogP contribution in [0.2, 0.25) is 0 Å². The summed E-state index contributed by atoms with van der Waals surface area (Å²) >= 11 is 0. The molecule has 0 heterocycles. The van der Waals surface area contributed by atoms with Gasteiger partial charge in [-0.2, -0.15) is 0 Å². The molecule has 0 aromatic heterocycles. The van der Waals surface area contributed by atoms with Crippen molar-refractivity contribution in [1.82, 2.24) is 4.72 Å². The third-order valence-electron chi connectivity index (χ3n) is 1.84. The lowest BCUT2D eigenvalue weighted by Crippen LogP contribution is -2.45. The van der Waals surface area contributed by atoms with Crippen LogP contribution in [-0.2, 0) is 10.0 Å². The first-order valence-electron chi connectivity index (χ1n) is 4.75. The van der Waals surface area contributed by atoms with Crippen molar-refractivity contribution in [1.29, 1.82) is 0 Å². The van der Waals surface area contributed by atoms with E-state index in [9.17, 15) is 12.8 Å². The van der Waals surface area contributed by atoms with Crippen LogP contribution in [0.5, 0.6) is 0 Å². The van der Waals surface area contributed by atoms with Gasteiger partial charge < -0.3 is 5.73 Å². The van der Waals surface area contributed by atoms with E-state index in [1.54, 1.807) is 13.8 Å². The Bertz CT molecular complexity index is 466. The van der Waals surface area contributed by atoms with Gasteiger partial charge in [0, 0.05) is 12.1 Å². The predicted octanol–water partition coefficient (Wildman–Crippen LogP) is 0.841. The predicted molar refractivity (Wildman–Crippen MR) is 59.9 cm³/mol. The standard InChI is InChI=1S/C10H15FN2O2S/c1-10(2,12)7-13-16(14,15)9-6-4-3-5-8(9)11/h3-6,13H,7,12H2,1-2H3. The second-order valence-corrected chi connectivity index (χ2v) is 5.98. The van der Waals surface area contributed by atoms with Crippen LogP contribution in [0.25, 0.3) is 0 Å². The summed E-state index contributed by atoms with van der Waals surface area (Å²) in [5, 5.41) is 0. The Kier molecular flexibility index (Phi) is 3.67. The van der Waals surface area contributed by atoms with E-state index in [0.717, 1.165) is 6.07 Å². The second-order valence-electron chi connectivity index (χ2n) is 4.24. The van der Waals surface area contributed by atoms with Crippen molar-refractivity contribution in [2.75, 3.05) is 6.54 Å². The molecule has 0 aliphatic rings. The fraction of sp³-hybridized carbons (Fsp3) is 0.400. The van der Waals surface area contributed by atoms with E-state index in [1.807, 2.05) is 0 Å². The van der Waals surface area contributed by atoms with Crippen molar-refractivity contribution in [3.05, 3.63) is 30.1 Å². The van der Waals surface area contributed by atoms with E-state index < -0.39 is 21.4 Å². The van der Waals surface area contributed by atoms with Crippen molar-refractivity contribution in [3.8, 4) is 0 Å². The molecule has 0 saturated carbocycles. The van der Waals surface area contributed by atoms with Crippen molar-refractivity contribution in [2.24, 2.45) is 5.73 Å². The Morgan fingerprint density at radius 2 is 1.94 bits per heavy atom. The molecule has 90 valence electrons. The van der Waals surface area contributed by atoms with Crippen LogP contribution in [0.15, 0.2) is 29.2 Å². The number of halogens is 1. The number of rotatable bonds is 4. The average Bonchev–Trinajstić information content (AvgIpc) is 2.14. The molecule has 0 amide bonds. The van der Waals surface area contributed by atoms with Crippen molar-refractivity contribution >= 4 is 10.0 Å². The maximum atomic E-state index is 13.3. The zero-order chi connectivity index (χ0) is 12.4.